The second-order valence-corrected chi connectivity index (χ2v) is 7.84. The lowest BCUT2D eigenvalue weighted by Crippen LogP contribution is -2.50. The smallest absolute Gasteiger partial charge is 0.228 e. The molecule has 30 heavy (non-hydrogen) atoms. The molecule has 0 spiro atoms. The number of aromatic nitrogens is 2. The summed E-state index contributed by atoms with van der Waals surface area (Å²) in [5.74, 6) is 1.31. The van der Waals surface area contributed by atoms with Crippen molar-refractivity contribution >= 4 is 0 Å². The largest absolute Gasteiger partial charge is 0.438 e. The first kappa shape index (κ1) is 20.5. The lowest BCUT2D eigenvalue weighted by Gasteiger charge is -2.42. The van der Waals surface area contributed by atoms with Crippen LogP contribution in [0, 0.1) is 11.6 Å². The van der Waals surface area contributed by atoms with Crippen molar-refractivity contribution in [2.45, 2.75) is 25.9 Å². The molecule has 0 saturated carbocycles. The molecule has 1 aliphatic rings. The van der Waals surface area contributed by atoms with E-state index in [-0.39, 0.29) is 17.2 Å². The molecule has 0 radical (unpaired) electrons. The molecular formula is C23H25F2N3O2. The standard InChI is InChI=1S/C23H25F2N3O2/c1-23(2)22-26-20(16-4-6-17(24)7-5-16)21(30-19-10-8-18(25)9-11-19)28(22)13-12-27(23)14-15-29-3/h4-11H,12-15H2,1-3H3. The number of nitrogens with zero attached hydrogens (tertiary/aromatic N) is 3. The summed E-state index contributed by atoms with van der Waals surface area (Å²) in [6.45, 7) is 7.16. The third-order valence-electron chi connectivity index (χ3n) is 5.56. The van der Waals surface area contributed by atoms with Crippen molar-refractivity contribution in [1.29, 1.82) is 0 Å². The van der Waals surface area contributed by atoms with Gasteiger partial charge in [0.25, 0.3) is 0 Å². The van der Waals surface area contributed by atoms with E-state index in [4.69, 9.17) is 14.5 Å². The minimum absolute atomic E-state index is 0.310. The Morgan fingerprint density at radius 3 is 2.23 bits per heavy atom. The zero-order valence-electron chi connectivity index (χ0n) is 17.4. The van der Waals surface area contributed by atoms with Crippen molar-refractivity contribution in [2.75, 3.05) is 26.8 Å². The molecule has 0 unspecified atom stereocenters. The number of rotatable bonds is 6. The second-order valence-electron chi connectivity index (χ2n) is 7.84. The maximum absolute atomic E-state index is 13.5. The fourth-order valence-corrected chi connectivity index (χ4v) is 3.86. The molecule has 2 aromatic carbocycles. The highest BCUT2D eigenvalue weighted by atomic mass is 19.1. The fourth-order valence-electron chi connectivity index (χ4n) is 3.86. The first-order chi connectivity index (χ1) is 14.4. The van der Waals surface area contributed by atoms with Crippen LogP contribution in [0.2, 0.25) is 0 Å². The normalized spacial score (nSPS) is 15.8. The van der Waals surface area contributed by atoms with E-state index in [0.29, 0.717) is 30.5 Å². The minimum atomic E-state index is -0.351. The van der Waals surface area contributed by atoms with Gasteiger partial charge in [-0.25, -0.2) is 13.8 Å². The van der Waals surface area contributed by atoms with Gasteiger partial charge in [0.05, 0.1) is 12.1 Å². The number of hydrogen-bond donors (Lipinski definition) is 0. The molecule has 158 valence electrons. The van der Waals surface area contributed by atoms with Gasteiger partial charge in [-0.05, 0) is 62.4 Å². The monoisotopic (exact) mass is 413 g/mol. The van der Waals surface area contributed by atoms with E-state index in [1.54, 1.807) is 31.4 Å². The van der Waals surface area contributed by atoms with E-state index in [9.17, 15) is 8.78 Å². The molecule has 0 aliphatic carbocycles. The Bertz CT molecular complexity index is 1010. The van der Waals surface area contributed by atoms with E-state index in [2.05, 4.69) is 23.3 Å². The van der Waals surface area contributed by atoms with Crippen molar-refractivity contribution in [1.82, 2.24) is 14.5 Å². The lowest BCUT2D eigenvalue weighted by atomic mass is 9.99. The van der Waals surface area contributed by atoms with E-state index in [1.165, 1.54) is 24.3 Å². The minimum Gasteiger partial charge on any atom is -0.438 e. The number of fused-ring (bicyclic) bond motifs is 1. The molecule has 7 heteroatoms. The summed E-state index contributed by atoms with van der Waals surface area (Å²) >= 11 is 0. The molecule has 0 atom stereocenters. The third kappa shape index (κ3) is 3.82. The molecule has 0 N–H and O–H groups in total. The summed E-state index contributed by atoms with van der Waals surface area (Å²) in [4.78, 5) is 7.26. The average molecular weight is 413 g/mol. The van der Waals surface area contributed by atoms with E-state index in [0.717, 1.165) is 24.5 Å². The topological polar surface area (TPSA) is 39.5 Å². The number of methoxy groups -OCH3 is 1. The molecule has 0 amide bonds. The van der Waals surface area contributed by atoms with Gasteiger partial charge in [0, 0.05) is 32.3 Å². The molecule has 0 saturated heterocycles. The van der Waals surface area contributed by atoms with Gasteiger partial charge in [0.15, 0.2) is 0 Å². The molecular weight excluding hydrogens is 388 g/mol. The van der Waals surface area contributed by atoms with Crippen molar-refractivity contribution < 1.29 is 18.3 Å². The van der Waals surface area contributed by atoms with Gasteiger partial charge < -0.3 is 9.47 Å². The number of benzene rings is 2. The van der Waals surface area contributed by atoms with Crippen LogP contribution < -0.4 is 4.74 Å². The fraction of sp³-hybridized carbons (Fsp3) is 0.348. The van der Waals surface area contributed by atoms with E-state index < -0.39 is 0 Å². The summed E-state index contributed by atoms with van der Waals surface area (Å²) in [6, 6.07) is 12.1. The number of imidazole rings is 1. The van der Waals surface area contributed by atoms with Gasteiger partial charge in [-0.15, -0.1) is 0 Å². The van der Waals surface area contributed by atoms with Crippen molar-refractivity contribution in [3.63, 3.8) is 0 Å². The average Bonchev–Trinajstić information content (AvgIpc) is 3.09. The first-order valence-electron chi connectivity index (χ1n) is 9.94. The molecule has 4 rings (SSSR count). The number of hydrogen-bond acceptors (Lipinski definition) is 4. The molecule has 1 aromatic heterocycles. The van der Waals surface area contributed by atoms with Crippen molar-refractivity contribution in [3.8, 4) is 22.9 Å². The Morgan fingerprint density at radius 2 is 1.60 bits per heavy atom. The van der Waals surface area contributed by atoms with Crippen molar-refractivity contribution in [2.24, 2.45) is 0 Å². The van der Waals surface area contributed by atoms with E-state index in [1.807, 2.05) is 0 Å². The Kier molecular flexibility index (Phi) is 5.58. The lowest BCUT2D eigenvalue weighted by molar-refractivity contribution is 0.0465. The highest BCUT2D eigenvalue weighted by Crippen LogP contribution is 2.41. The van der Waals surface area contributed by atoms with Gasteiger partial charge in [0.1, 0.15) is 28.9 Å². The summed E-state index contributed by atoms with van der Waals surface area (Å²) in [7, 11) is 1.69. The predicted molar refractivity (Wildman–Crippen MR) is 111 cm³/mol. The summed E-state index contributed by atoms with van der Waals surface area (Å²) in [5, 5.41) is 0. The van der Waals surface area contributed by atoms with Crippen LogP contribution >= 0.6 is 0 Å². The Labute approximate surface area is 174 Å². The Morgan fingerprint density at radius 1 is 0.967 bits per heavy atom. The van der Waals surface area contributed by atoms with Crippen molar-refractivity contribution in [3.05, 3.63) is 66.0 Å². The van der Waals surface area contributed by atoms with Gasteiger partial charge in [0.2, 0.25) is 5.88 Å². The summed E-state index contributed by atoms with van der Waals surface area (Å²) in [5.41, 5.74) is 1.04. The molecule has 2 heterocycles. The van der Waals surface area contributed by atoms with Gasteiger partial charge in [-0.2, -0.15) is 0 Å². The van der Waals surface area contributed by atoms with Crippen LogP contribution in [0.1, 0.15) is 19.7 Å². The Hall–Kier alpha value is -2.77. The van der Waals surface area contributed by atoms with E-state index >= 15 is 0 Å². The van der Waals surface area contributed by atoms with Crippen LogP contribution in [0.3, 0.4) is 0 Å². The molecule has 0 fully saturated rings. The third-order valence-corrected chi connectivity index (χ3v) is 5.56. The van der Waals surface area contributed by atoms with Crippen LogP contribution in [0.5, 0.6) is 11.6 Å². The first-order valence-corrected chi connectivity index (χ1v) is 9.94. The predicted octanol–water partition coefficient (Wildman–Crippen LogP) is 4.82. The molecule has 1 aliphatic heterocycles. The van der Waals surface area contributed by atoms with Crippen LogP contribution in [0.15, 0.2) is 48.5 Å². The highest BCUT2D eigenvalue weighted by molar-refractivity contribution is 5.66. The molecule has 5 nitrogen and oxygen atoms in total. The number of ether oxygens (including phenoxy) is 2. The summed E-state index contributed by atoms with van der Waals surface area (Å²) < 4.78 is 40.4. The zero-order chi connectivity index (χ0) is 21.3. The van der Waals surface area contributed by atoms with Crippen LogP contribution in [-0.4, -0.2) is 41.3 Å². The van der Waals surface area contributed by atoms with Crippen LogP contribution in [0.25, 0.3) is 11.3 Å². The maximum atomic E-state index is 13.5. The van der Waals surface area contributed by atoms with Gasteiger partial charge in [-0.3, -0.25) is 9.47 Å². The Balaban J connectivity index is 1.80. The van der Waals surface area contributed by atoms with Crippen LogP contribution in [-0.2, 0) is 16.8 Å². The molecule has 0 bridgehead atoms. The summed E-state index contributed by atoms with van der Waals surface area (Å²) in [6.07, 6.45) is 0. The van der Waals surface area contributed by atoms with Gasteiger partial charge >= 0.3 is 0 Å². The SMILES string of the molecule is COCCN1CCn2c(nc(-c3ccc(F)cc3)c2Oc2ccc(F)cc2)C1(C)C. The molecule has 3 aromatic rings. The zero-order valence-corrected chi connectivity index (χ0v) is 17.4. The maximum Gasteiger partial charge on any atom is 0.228 e. The quantitative estimate of drug-likeness (QED) is 0.581. The number of halogens is 2. The van der Waals surface area contributed by atoms with Crippen LogP contribution in [0.4, 0.5) is 8.78 Å². The highest BCUT2D eigenvalue weighted by Gasteiger charge is 2.39. The van der Waals surface area contributed by atoms with Gasteiger partial charge in [-0.1, -0.05) is 0 Å². The second kappa shape index (κ2) is 8.16.